The molecule has 1 aliphatic rings. The Morgan fingerprint density at radius 2 is 1.97 bits per heavy atom. The fourth-order valence-electron chi connectivity index (χ4n) is 2.96. The molecule has 1 fully saturated rings. The van der Waals surface area contributed by atoms with E-state index >= 15 is 0 Å². The molecule has 0 atom stereocenters. The number of rotatable bonds is 8. The van der Waals surface area contributed by atoms with Gasteiger partial charge in [-0.25, -0.2) is 0 Å². The number of nitrogens with one attached hydrogen (secondary N) is 1. The van der Waals surface area contributed by atoms with E-state index in [1.807, 2.05) is 38.3 Å². The highest BCUT2D eigenvalue weighted by molar-refractivity contribution is 8.18. The van der Waals surface area contributed by atoms with Crippen LogP contribution in [0.25, 0.3) is 6.08 Å². The molecule has 9 heteroatoms. The second-order valence-electron chi connectivity index (χ2n) is 7.12. The van der Waals surface area contributed by atoms with Crippen molar-refractivity contribution in [1.29, 1.82) is 0 Å². The van der Waals surface area contributed by atoms with Crippen molar-refractivity contribution in [3.63, 3.8) is 0 Å². The van der Waals surface area contributed by atoms with Gasteiger partial charge in [0.15, 0.2) is 11.5 Å². The number of hydrogen-bond acceptors (Lipinski definition) is 7. The second-order valence-corrected chi connectivity index (χ2v) is 9.00. The summed E-state index contributed by atoms with van der Waals surface area (Å²) >= 11 is 2.36. The molecule has 0 unspecified atom stereocenters. The lowest BCUT2D eigenvalue weighted by Crippen LogP contribution is -2.36. The zero-order valence-electron chi connectivity index (χ0n) is 18.2. The summed E-state index contributed by atoms with van der Waals surface area (Å²) in [6.45, 7) is 3.48. The maximum Gasteiger partial charge on any atom is 0.294 e. The van der Waals surface area contributed by atoms with Gasteiger partial charge in [0.1, 0.15) is 6.54 Å². The van der Waals surface area contributed by atoms with Crippen LogP contribution in [0.2, 0.25) is 0 Å². The van der Waals surface area contributed by atoms with Gasteiger partial charge in [-0.3, -0.25) is 19.3 Å². The lowest BCUT2D eigenvalue weighted by Gasteiger charge is -2.14. The fourth-order valence-corrected chi connectivity index (χ4v) is 4.26. The van der Waals surface area contributed by atoms with Gasteiger partial charge in [-0.05, 0) is 73.8 Å². The summed E-state index contributed by atoms with van der Waals surface area (Å²) in [6.07, 6.45) is 3.53. The van der Waals surface area contributed by atoms with E-state index in [1.165, 1.54) is 7.11 Å². The summed E-state index contributed by atoms with van der Waals surface area (Å²) in [5.74, 6) is 0.173. The number of nitrogens with zero attached hydrogens (tertiary/aromatic N) is 1. The van der Waals surface area contributed by atoms with Crippen molar-refractivity contribution in [1.82, 2.24) is 4.90 Å². The molecule has 1 N–H and O–H groups in total. The molecule has 0 bridgehead atoms. The van der Waals surface area contributed by atoms with Gasteiger partial charge in [-0.1, -0.05) is 12.1 Å². The number of benzene rings is 2. The Balaban J connectivity index is 1.71. The highest BCUT2D eigenvalue weighted by atomic mass is 32.2. The van der Waals surface area contributed by atoms with Crippen molar-refractivity contribution in [2.45, 2.75) is 24.8 Å². The average Bonchev–Trinajstić information content (AvgIpc) is 3.01. The molecule has 1 heterocycles. The van der Waals surface area contributed by atoms with Gasteiger partial charge < -0.3 is 14.8 Å². The van der Waals surface area contributed by atoms with E-state index in [-0.39, 0.29) is 17.6 Å². The van der Waals surface area contributed by atoms with Crippen molar-refractivity contribution >= 4 is 52.3 Å². The van der Waals surface area contributed by atoms with Crippen molar-refractivity contribution in [2.75, 3.05) is 25.2 Å². The molecule has 0 saturated carbocycles. The average molecular weight is 473 g/mol. The molecule has 168 valence electrons. The Kier molecular flexibility index (Phi) is 7.87. The van der Waals surface area contributed by atoms with Crippen molar-refractivity contribution in [3.8, 4) is 11.5 Å². The molecule has 32 heavy (non-hydrogen) atoms. The lowest BCUT2D eigenvalue weighted by molar-refractivity contribution is -0.127. The standard InChI is InChI=1S/C23H24N2O5S2/c1-14(2)30-18-9-8-15(10-19(18)29-3)11-20-22(27)25(23(28)32-20)13-21(26)24-16-6-5-7-17(12-16)31-4/h5-12,14H,13H2,1-4H3,(H,24,26)/b20-11-. The monoisotopic (exact) mass is 472 g/mol. The third-order valence-electron chi connectivity index (χ3n) is 4.38. The highest BCUT2D eigenvalue weighted by Crippen LogP contribution is 2.34. The first-order chi connectivity index (χ1) is 15.3. The Morgan fingerprint density at radius 3 is 2.66 bits per heavy atom. The largest absolute Gasteiger partial charge is 0.493 e. The number of anilines is 1. The van der Waals surface area contributed by atoms with Crippen LogP contribution in [-0.4, -0.2) is 48.0 Å². The summed E-state index contributed by atoms with van der Waals surface area (Å²) in [6, 6.07) is 12.6. The van der Waals surface area contributed by atoms with E-state index in [9.17, 15) is 14.4 Å². The minimum absolute atomic E-state index is 0.0133. The number of thioether (sulfide) groups is 2. The first-order valence-electron chi connectivity index (χ1n) is 9.84. The van der Waals surface area contributed by atoms with Crippen LogP contribution in [0.4, 0.5) is 10.5 Å². The molecular formula is C23H24N2O5S2. The van der Waals surface area contributed by atoms with E-state index in [2.05, 4.69) is 5.32 Å². The fraction of sp³-hybridized carbons (Fsp3) is 0.261. The van der Waals surface area contributed by atoms with Crippen LogP contribution in [0.1, 0.15) is 19.4 Å². The highest BCUT2D eigenvalue weighted by Gasteiger charge is 2.36. The Bertz CT molecular complexity index is 1070. The van der Waals surface area contributed by atoms with Gasteiger partial charge in [0.25, 0.3) is 11.1 Å². The van der Waals surface area contributed by atoms with E-state index in [0.29, 0.717) is 22.7 Å². The predicted molar refractivity (Wildman–Crippen MR) is 128 cm³/mol. The van der Waals surface area contributed by atoms with Crippen LogP contribution < -0.4 is 14.8 Å². The van der Waals surface area contributed by atoms with Crippen LogP contribution in [0.5, 0.6) is 11.5 Å². The SMILES string of the molecule is COc1cc(/C=C2\SC(=O)N(CC(=O)Nc3cccc(SC)c3)C2=O)ccc1OC(C)C. The Labute approximate surface area is 195 Å². The van der Waals surface area contributed by atoms with Crippen molar-refractivity contribution in [3.05, 3.63) is 52.9 Å². The first-order valence-corrected chi connectivity index (χ1v) is 11.9. The molecule has 3 amide bonds. The van der Waals surface area contributed by atoms with E-state index in [4.69, 9.17) is 9.47 Å². The Morgan fingerprint density at radius 1 is 1.19 bits per heavy atom. The molecule has 2 aromatic rings. The first kappa shape index (κ1) is 23.7. The zero-order valence-corrected chi connectivity index (χ0v) is 19.8. The van der Waals surface area contributed by atoms with Gasteiger partial charge in [0, 0.05) is 10.6 Å². The third kappa shape index (κ3) is 5.86. The van der Waals surface area contributed by atoms with Crippen LogP contribution in [0.15, 0.2) is 52.3 Å². The molecule has 0 spiro atoms. The lowest BCUT2D eigenvalue weighted by atomic mass is 10.2. The molecule has 0 radical (unpaired) electrons. The maximum atomic E-state index is 12.8. The molecule has 1 aliphatic heterocycles. The third-order valence-corrected chi connectivity index (χ3v) is 6.01. The van der Waals surface area contributed by atoms with Crippen molar-refractivity contribution in [2.24, 2.45) is 0 Å². The van der Waals surface area contributed by atoms with E-state index < -0.39 is 17.1 Å². The Hall–Kier alpha value is -2.91. The minimum Gasteiger partial charge on any atom is -0.493 e. The molecule has 3 rings (SSSR count). The number of hydrogen-bond donors (Lipinski definition) is 1. The summed E-state index contributed by atoms with van der Waals surface area (Å²) < 4.78 is 11.1. The topological polar surface area (TPSA) is 84.9 Å². The normalized spacial score (nSPS) is 14.9. The van der Waals surface area contributed by atoms with Gasteiger partial charge in [0.05, 0.1) is 18.1 Å². The molecule has 0 aromatic heterocycles. The minimum atomic E-state index is -0.505. The number of imide groups is 1. The van der Waals surface area contributed by atoms with Gasteiger partial charge >= 0.3 is 0 Å². The molecular weight excluding hydrogens is 448 g/mol. The summed E-state index contributed by atoms with van der Waals surface area (Å²) in [4.78, 5) is 39.7. The quantitative estimate of drug-likeness (QED) is 0.433. The van der Waals surface area contributed by atoms with Gasteiger partial charge in [-0.2, -0.15) is 0 Å². The van der Waals surface area contributed by atoms with Crippen LogP contribution in [0.3, 0.4) is 0 Å². The number of ether oxygens (including phenoxy) is 2. The summed E-state index contributed by atoms with van der Waals surface area (Å²) in [7, 11) is 1.54. The number of carbonyl (C=O) groups is 3. The van der Waals surface area contributed by atoms with Crippen LogP contribution in [0, 0.1) is 0 Å². The van der Waals surface area contributed by atoms with E-state index in [0.717, 1.165) is 21.6 Å². The molecule has 2 aromatic carbocycles. The summed E-state index contributed by atoms with van der Waals surface area (Å²) in [5.41, 5.74) is 1.29. The maximum absolute atomic E-state index is 12.8. The van der Waals surface area contributed by atoms with Crippen LogP contribution >= 0.6 is 23.5 Å². The zero-order chi connectivity index (χ0) is 23.3. The van der Waals surface area contributed by atoms with Gasteiger partial charge in [-0.15, -0.1) is 11.8 Å². The number of methoxy groups -OCH3 is 1. The number of amides is 3. The van der Waals surface area contributed by atoms with Crippen molar-refractivity contribution < 1.29 is 23.9 Å². The molecule has 1 saturated heterocycles. The van der Waals surface area contributed by atoms with E-state index in [1.54, 1.807) is 42.1 Å². The summed E-state index contributed by atoms with van der Waals surface area (Å²) in [5, 5.41) is 2.24. The predicted octanol–water partition coefficient (Wildman–Crippen LogP) is 4.88. The van der Waals surface area contributed by atoms with Crippen LogP contribution in [-0.2, 0) is 9.59 Å². The smallest absolute Gasteiger partial charge is 0.294 e. The molecule has 0 aliphatic carbocycles. The van der Waals surface area contributed by atoms with Gasteiger partial charge in [0.2, 0.25) is 5.91 Å². The number of carbonyl (C=O) groups excluding carboxylic acids is 3. The molecule has 7 nitrogen and oxygen atoms in total. The second kappa shape index (κ2) is 10.6.